The predicted molar refractivity (Wildman–Crippen MR) is 103 cm³/mol. The smallest absolute Gasteiger partial charge is 0.337 e. The Bertz CT molecular complexity index is 985. The third kappa shape index (κ3) is 4.06. The molecule has 3 rings (SSSR count). The highest BCUT2D eigenvalue weighted by Gasteiger charge is 2.33. The molecule has 10 heteroatoms. The second-order valence-electron chi connectivity index (χ2n) is 6.40. The van der Waals surface area contributed by atoms with Crippen LogP contribution < -0.4 is 10.6 Å². The maximum atomic E-state index is 12.4. The summed E-state index contributed by atoms with van der Waals surface area (Å²) in [5.41, 5.74) is 2.20. The average molecular weight is 398 g/mol. The van der Waals surface area contributed by atoms with E-state index in [1.807, 2.05) is 0 Å². The summed E-state index contributed by atoms with van der Waals surface area (Å²) >= 11 is 0. The minimum atomic E-state index is -0.593. The molecule has 1 heterocycles. The number of hydrogen-bond acceptors (Lipinski definition) is 8. The lowest BCUT2D eigenvalue weighted by molar-refractivity contribution is -0.385. The van der Waals surface area contributed by atoms with Gasteiger partial charge >= 0.3 is 5.97 Å². The maximum absolute atomic E-state index is 12.4. The zero-order valence-electron chi connectivity index (χ0n) is 15.6. The van der Waals surface area contributed by atoms with Crippen LogP contribution in [0.4, 0.5) is 11.4 Å². The Hall–Kier alpha value is -3.79. The quantitative estimate of drug-likeness (QED) is 0.446. The zero-order valence-corrected chi connectivity index (χ0v) is 15.6. The number of rotatable bonds is 5. The Kier molecular flexibility index (Phi) is 5.55. The number of esters is 1. The van der Waals surface area contributed by atoms with E-state index in [-0.39, 0.29) is 11.4 Å². The number of nitro benzene ring substituents is 2. The van der Waals surface area contributed by atoms with Crippen LogP contribution in [0.2, 0.25) is 0 Å². The molecule has 2 atom stereocenters. The molecule has 2 aromatic carbocycles. The van der Waals surface area contributed by atoms with Crippen molar-refractivity contribution in [1.82, 2.24) is 10.6 Å². The van der Waals surface area contributed by atoms with Gasteiger partial charge in [0.15, 0.2) is 0 Å². The number of nitrogens with zero attached hydrogens (tertiary/aromatic N) is 2. The molecule has 0 aromatic heterocycles. The van der Waals surface area contributed by atoms with Crippen molar-refractivity contribution in [2.75, 3.05) is 7.11 Å². The Morgan fingerprint density at radius 2 is 1.41 bits per heavy atom. The molecule has 2 N–H and O–H groups in total. The highest BCUT2D eigenvalue weighted by Crippen LogP contribution is 2.33. The van der Waals surface area contributed by atoms with Crippen LogP contribution in [-0.4, -0.2) is 22.9 Å². The third-order valence-electron chi connectivity index (χ3n) is 4.67. The minimum Gasteiger partial charge on any atom is -0.466 e. The molecule has 0 amide bonds. The van der Waals surface area contributed by atoms with Gasteiger partial charge < -0.3 is 10.1 Å². The van der Waals surface area contributed by atoms with Gasteiger partial charge in [0.1, 0.15) is 6.17 Å². The lowest BCUT2D eigenvalue weighted by Crippen LogP contribution is -2.44. The van der Waals surface area contributed by atoms with E-state index in [1.165, 1.54) is 31.4 Å². The minimum absolute atomic E-state index is 0.0287. The van der Waals surface area contributed by atoms with Crippen molar-refractivity contribution < 1.29 is 19.4 Å². The molecule has 150 valence electrons. The van der Waals surface area contributed by atoms with Gasteiger partial charge in [-0.2, -0.15) is 0 Å². The van der Waals surface area contributed by atoms with Gasteiger partial charge in [-0.1, -0.05) is 12.1 Å². The van der Waals surface area contributed by atoms with Crippen LogP contribution >= 0.6 is 0 Å². The molecule has 1 aliphatic heterocycles. The van der Waals surface area contributed by atoms with Crippen molar-refractivity contribution in [3.05, 3.63) is 91.2 Å². The Morgan fingerprint density at radius 1 is 0.931 bits per heavy atom. The molecule has 10 nitrogen and oxygen atoms in total. The first kappa shape index (κ1) is 20.0. The first-order chi connectivity index (χ1) is 13.8. The summed E-state index contributed by atoms with van der Waals surface area (Å²) in [7, 11) is 1.28. The first-order valence-corrected chi connectivity index (χ1v) is 8.62. The maximum Gasteiger partial charge on any atom is 0.337 e. The Morgan fingerprint density at radius 3 is 1.86 bits per heavy atom. The Labute approximate surface area is 165 Å². The number of nitrogens with one attached hydrogen (secondary N) is 2. The largest absolute Gasteiger partial charge is 0.466 e. The van der Waals surface area contributed by atoms with E-state index >= 15 is 0 Å². The normalized spacial score (nSPS) is 18.7. The molecule has 0 aliphatic carbocycles. The van der Waals surface area contributed by atoms with Crippen LogP contribution in [0.5, 0.6) is 0 Å². The lowest BCUT2D eigenvalue weighted by atomic mass is 9.93. The lowest BCUT2D eigenvalue weighted by Gasteiger charge is -2.35. The summed E-state index contributed by atoms with van der Waals surface area (Å²) < 4.78 is 4.90. The molecule has 0 unspecified atom stereocenters. The predicted octanol–water partition coefficient (Wildman–Crippen LogP) is 2.88. The van der Waals surface area contributed by atoms with Crippen molar-refractivity contribution >= 4 is 17.3 Å². The highest BCUT2D eigenvalue weighted by molar-refractivity contribution is 5.91. The van der Waals surface area contributed by atoms with Crippen molar-refractivity contribution in [3.63, 3.8) is 0 Å². The van der Waals surface area contributed by atoms with Gasteiger partial charge in [0.2, 0.25) is 0 Å². The fourth-order valence-electron chi connectivity index (χ4n) is 3.20. The molecule has 0 spiro atoms. The molecule has 0 saturated carbocycles. The van der Waals surface area contributed by atoms with Crippen LogP contribution in [0.3, 0.4) is 0 Å². The number of benzene rings is 2. The van der Waals surface area contributed by atoms with E-state index < -0.39 is 28.0 Å². The molecule has 0 fully saturated rings. The zero-order chi connectivity index (χ0) is 21.1. The van der Waals surface area contributed by atoms with Crippen molar-refractivity contribution in [2.24, 2.45) is 0 Å². The monoisotopic (exact) mass is 398 g/mol. The topological polar surface area (TPSA) is 137 Å². The average Bonchev–Trinajstić information content (AvgIpc) is 2.72. The van der Waals surface area contributed by atoms with Crippen LogP contribution in [0.25, 0.3) is 0 Å². The van der Waals surface area contributed by atoms with Crippen LogP contribution in [0.15, 0.2) is 59.8 Å². The summed E-state index contributed by atoms with van der Waals surface area (Å²) in [6.45, 7) is 1.73. The molecular weight excluding hydrogens is 380 g/mol. The second kappa shape index (κ2) is 8.07. The standard InChI is InChI=1S/C19H18N4O6/c1-11-16(19(24)29-2)17(12-3-7-14(8-4-12)22(25)26)21-18(20-11)13-5-9-15(10-6-13)23(27)28/h3-10,17-18,20-21H,1-2H3/t17-,18+/m0/s1. The number of nitro groups is 2. The Balaban J connectivity index is 1.99. The number of carbonyl (C=O) groups excluding carboxylic acids is 1. The number of ether oxygens (including phenoxy) is 1. The third-order valence-corrected chi connectivity index (χ3v) is 4.67. The summed E-state index contributed by atoms with van der Waals surface area (Å²) in [5, 5.41) is 28.2. The molecule has 0 radical (unpaired) electrons. The summed E-state index contributed by atoms with van der Waals surface area (Å²) in [5.74, 6) is -0.534. The van der Waals surface area contributed by atoms with Gasteiger partial charge in [-0.3, -0.25) is 25.5 Å². The number of carbonyl (C=O) groups is 1. The molecule has 2 aromatic rings. The van der Waals surface area contributed by atoms with Crippen LogP contribution in [0, 0.1) is 20.2 Å². The van der Waals surface area contributed by atoms with Gasteiger partial charge in [-0.25, -0.2) is 4.79 Å². The van der Waals surface area contributed by atoms with Crippen molar-refractivity contribution in [1.29, 1.82) is 0 Å². The van der Waals surface area contributed by atoms with Gasteiger partial charge in [0.25, 0.3) is 11.4 Å². The van der Waals surface area contributed by atoms with E-state index in [0.717, 1.165) is 5.56 Å². The van der Waals surface area contributed by atoms with E-state index in [1.54, 1.807) is 31.2 Å². The van der Waals surface area contributed by atoms with Crippen molar-refractivity contribution in [2.45, 2.75) is 19.1 Å². The number of hydrogen-bond donors (Lipinski definition) is 2. The molecule has 0 saturated heterocycles. The molecule has 1 aliphatic rings. The van der Waals surface area contributed by atoms with E-state index in [9.17, 15) is 25.0 Å². The van der Waals surface area contributed by atoms with E-state index in [0.29, 0.717) is 16.8 Å². The fraction of sp³-hybridized carbons (Fsp3) is 0.211. The number of allylic oxidation sites excluding steroid dienone is 1. The van der Waals surface area contributed by atoms with Gasteiger partial charge in [0, 0.05) is 30.0 Å². The van der Waals surface area contributed by atoms with Gasteiger partial charge in [-0.05, 0) is 30.2 Å². The molecule has 0 bridgehead atoms. The van der Waals surface area contributed by atoms with Crippen molar-refractivity contribution in [3.8, 4) is 0 Å². The van der Waals surface area contributed by atoms with E-state index in [2.05, 4.69) is 10.6 Å². The highest BCUT2D eigenvalue weighted by atomic mass is 16.6. The number of non-ortho nitro benzene ring substituents is 2. The van der Waals surface area contributed by atoms with E-state index in [4.69, 9.17) is 4.74 Å². The summed E-state index contributed by atoms with van der Waals surface area (Å²) in [6, 6.07) is 11.3. The van der Waals surface area contributed by atoms with Gasteiger partial charge in [0.05, 0.1) is 28.6 Å². The second-order valence-corrected chi connectivity index (χ2v) is 6.40. The SMILES string of the molecule is COC(=O)C1=C(C)N[C@@H](c2ccc([N+](=O)[O-])cc2)N[C@H]1c1ccc([N+](=O)[O-])cc1. The number of methoxy groups -OCH3 is 1. The molecular formula is C19H18N4O6. The summed E-state index contributed by atoms with van der Waals surface area (Å²) in [4.78, 5) is 33.2. The van der Waals surface area contributed by atoms with Crippen LogP contribution in [-0.2, 0) is 9.53 Å². The van der Waals surface area contributed by atoms with Gasteiger partial charge in [-0.15, -0.1) is 0 Å². The fourth-order valence-corrected chi connectivity index (χ4v) is 3.20. The first-order valence-electron chi connectivity index (χ1n) is 8.62. The molecule has 29 heavy (non-hydrogen) atoms. The summed E-state index contributed by atoms with van der Waals surface area (Å²) in [6.07, 6.45) is -0.440. The van der Waals surface area contributed by atoms with Crippen LogP contribution in [0.1, 0.15) is 30.3 Å².